The van der Waals surface area contributed by atoms with Gasteiger partial charge in [-0.05, 0) is 23.6 Å². The van der Waals surface area contributed by atoms with Crippen molar-refractivity contribution in [2.24, 2.45) is 5.16 Å². The number of alkyl halides is 3. The van der Waals surface area contributed by atoms with Gasteiger partial charge in [-0.3, -0.25) is 29.4 Å². The largest absolute Gasteiger partial charge is 0.491 e. The molecule has 2 aromatic rings. The number of amides is 3. The molecule has 3 amide bonds. The van der Waals surface area contributed by atoms with Crippen LogP contribution in [0, 0.1) is 10.1 Å². The Balaban J connectivity index is 1.39. The summed E-state index contributed by atoms with van der Waals surface area (Å²) < 4.78 is 42.9. The van der Waals surface area contributed by atoms with Crippen molar-refractivity contribution in [2.45, 2.75) is 30.6 Å². The molecular weight excluding hydrogens is 675 g/mol. The lowest BCUT2D eigenvalue weighted by Gasteiger charge is -2.49. The van der Waals surface area contributed by atoms with Gasteiger partial charge in [0.05, 0.1) is 4.92 Å². The summed E-state index contributed by atoms with van der Waals surface area (Å²) in [5, 5.41) is 25.8. The Hall–Kier alpha value is -5.31. The van der Waals surface area contributed by atoms with Gasteiger partial charge in [-0.25, -0.2) is 14.6 Å². The predicted octanol–water partition coefficient (Wildman–Crippen LogP) is 1.46. The van der Waals surface area contributed by atoms with Crippen LogP contribution in [0.1, 0.15) is 17.7 Å². The van der Waals surface area contributed by atoms with Crippen molar-refractivity contribution in [3.05, 3.63) is 73.9 Å². The van der Waals surface area contributed by atoms with E-state index in [1.165, 1.54) is 40.6 Å². The maximum absolute atomic E-state index is 13.2. The number of esters is 2. The molecule has 5 rings (SSSR count). The summed E-state index contributed by atoms with van der Waals surface area (Å²) in [6.07, 6.45) is -4.16. The maximum atomic E-state index is 13.2. The zero-order valence-corrected chi connectivity index (χ0v) is 25.1. The van der Waals surface area contributed by atoms with Crippen LogP contribution in [-0.2, 0) is 35.3 Å². The van der Waals surface area contributed by atoms with Crippen molar-refractivity contribution >= 4 is 69.3 Å². The Bertz CT molecular complexity index is 1790. The molecule has 3 aliphatic rings. The summed E-state index contributed by atoms with van der Waals surface area (Å²) in [5.74, 6) is -7.30. The van der Waals surface area contributed by atoms with Crippen LogP contribution in [-0.4, -0.2) is 90.2 Å². The first-order chi connectivity index (χ1) is 22.2. The van der Waals surface area contributed by atoms with Crippen molar-refractivity contribution in [1.29, 1.82) is 0 Å². The third-order valence-electron chi connectivity index (χ3n) is 7.06. The molecule has 1 aromatic carbocycles. The predicted molar refractivity (Wildman–Crippen MR) is 155 cm³/mol. The van der Waals surface area contributed by atoms with Crippen LogP contribution in [0.4, 0.5) is 24.0 Å². The molecule has 3 aliphatic heterocycles. The summed E-state index contributed by atoms with van der Waals surface area (Å²) in [7, 11) is 0. The number of β-lactam (4-membered cyclic amide) rings is 1. The van der Waals surface area contributed by atoms with Crippen molar-refractivity contribution in [3.63, 3.8) is 0 Å². The maximum Gasteiger partial charge on any atom is 0.491 e. The van der Waals surface area contributed by atoms with Gasteiger partial charge < -0.3 is 25.9 Å². The molecule has 1 aromatic heterocycles. The van der Waals surface area contributed by atoms with Gasteiger partial charge in [0.25, 0.3) is 17.5 Å². The third-order valence-corrected chi connectivity index (χ3v) is 9.03. The average Bonchev–Trinajstić information content (AvgIpc) is 3.60. The van der Waals surface area contributed by atoms with Gasteiger partial charge in [-0.15, -0.1) is 23.1 Å². The number of nitrogens with zero attached hydrogens (tertiary/aromatic N) is 5. The molecule has 4 heterocycles. The number of allylic oxidation sites excluding steroid dienone is 1. The summed E-state index contributed by atoms with van der Waals surface area (Å²) >= 11 is 1.93. The number of nitro benzene ring substituents is 1. The van der Waals surface area contributed by atoms with Gasteiger partial charge in [0.15, 0.2) is 10.8 Å². The summed E-state index contributed by atoms with van der Waals surface area (Å²) in [5.41, 5.74) is 4.64. The zero-order chi connectivity index (χ0) is 34.2. The van der Waals surface area contributed by atoms with Crippen LogP contribution >= 0.6 is 23.1 Å². The number of anilines is 1. The van der Waals surface area contributed by atoms with Gasteiger partial charge in [-0.1, -0.05) is 17.3 Å². The fourth-order valence-electron chi connectivity index (χ4n) is 4.86. The van der Waals surface area contributed by atoms with Crippen LogP contribution in [0.15, 0.2) is 57.7 Å². The van der Waals surface area contributed by atoms with Crippen molar-refractivity contribution < 1.29 is 52.0 Å². The summed E-state index contributed by atoms with van der Waals surface area (Å²) in [6, 6.07) is 4.16. The van der Waals surface area contributed by atoms with E-state index in [9.17, 15) is 52.5 Å². The SMILES string of the molecule is Nc1nc(/C(=N/O)C(=O)N[C@@H]2C(=O)N3C(C(=O)OC(=O)C(F)(F)F)=C(C=C4CCN(Cc5ccc([N+](=O)[O-])cc5)C4=O)CS[C@H]23)cs1. The number of carbonyl (C=O) groups is 5. The fourth-order valence-corrected chi connectivity index (χ4v) is 6.71. The fraction of sp³-hybridized carbons (Fsp3) is 0.269. The standard InChI is InChI=1S/C26H20F3N7O9S2/c27-26(28,29)24(41)45-23(40)18-13(7-12-5-6-34(20(12)38)8-11-1-3-14(4-2-11)36(43)44)9-46-22-17(21(39)35(18)22)32-19(37)16(33-42)15-10-47-25(30)31-15/h1-4,7,10,17,22,42H,5-6,8-9H2,(H2,30,31)(H,32,37)/b12-7?,33-16-/t17-,22-/m1/s1. The van der Waals surface area contributed by atoms with E-state index >= 15 is 0 Å². The Labute approximate surface area is 268 Å². The first-order valence-corrected chi connectivity index (χ1v) is 15.1. The molecule has 0 spiro atoms. The quantitative estimate of drug-likeness (QED) is 0.0521. The second kappa shape index (κ2) is 12.8. The topological polar surface area (TPSA) is 228 Å². The Kier molecular flexibility index (Phi) is 9.02. The molecule has 4 N–H and O–H groups in total. The molecule has 0 unspecified atom stereocenters. The number of nitrogen functional groups attached to an aromatic ring is 1. The highest BCUT2D eigenvalue weighted by atomic mass is 32.2. The zero-order valence-electron chi connectivity index (χ0n) is 23.4. The number of nitrogens with two attached hydrogens (primary N) is 1. The van der Waals surface area contributed by atoms with Gasteiger partial charge in [0.1, 0.15) is 22.8 Å². The average molecular weight is 696 g/mol. The number of fused-ring (bicyclic) bond motifs is 1. The molecule has 16 nitrogen and oxygen atoms in total. The number of likely N-dealkylation sites (tertiary alicyclic amines) is 1. The molecule has 2 fully saturated rings. The van der Waals surface area contributed by atoms with E-state index in [-0.39, 0.29) is 52.9 Å². The normalized spacial score (nSPS) is 20.7. The molecule has 0 bridgehead atoms. The number of rotatable bonds is 8. The summed E-state index contributed by atoms with van der Waals surface area (Å²) in [4.78, 5) is 80.0. The van der Waals surface area contributed by atoms with E-state index in [1.807, 2.05) is 0 Å². The highest BCUT2D eigenvalue weighted by molar-refractivity contribution is 8.00. The lowest BCUT2D eigenvalue weighted by atomic mass is 10.0. The van der Waals surface area contributed by atoms with Crippen LogP contribution in [0.25, 0.3) is 0 Å². The summed E-state index contributed by atoms with van der Waals surface area (Å²) in [6.45, 7) is 0.283. The van der Waals surface area contributed by atoms with Gasteiger partial charge >= 0.3 is 18.1 Å². The van der Waals surface area contributed by atoms with E-state index in [2.05, 4.69) is 20.2 Å². The van der Waals surface area contributed by atoms with Crippen LogP contribution in [0.2, 0.25) is 0 Å². The molecule has 47 heavy (non-hydrogen) atoms. The van der Waals surface area contributed by atoms with Crippen molar-refractivity contribution in [2.75, 3.05) is 18.0 Å². The number of ether oxygens (including phenoxy) is 1. The smallest absolute Gasteiger partial charge is 0.410 e. The van der Waals surface area contributed by atoms with Crippen LogP contribution < -0.4 is 11.1 Å². The van der Waals surface area contributed by atoms with Crippen molar-refractivity contribution in [1.82, 2.24) is 20.1 Å². The molecule has 0 radical (unpaired) electrons. The molecule has 2 saturated heterocycles. The number of oxime groups is 1. The first kappa shape index (κ1) is 33.1. The number of thioether (sulfide) groups is 1. The Morgan fingerprint density at radius 2 is 1.96 bits per heavy atom. The van der Waals surface area contributed by atoms with Crippen molar-refractivity contribution in [3.8, 4) is 0 Å². The number of carbonyl (C=O) groups excluding carboxylic acids is 5. The highest BCUT2D eigenvalue weighted by Gasteiger charge is 2.55. The number of non-ortho nitro benzene ring substituents is 1. The molecule has 21 heteroatoms. The highest BCUT2D eigenvalue weighted by Crippen LogP contribution is 2.42. The number of thiazole rings is 1. The number of hydrogen-bond acceptors (Lipinski definition) is 14. The molecule has 0 saturated carbocycles. The van der Waals surface area contributed by atoms with Gasteiger partial charge in [0, 0.05) is 41.9 Å². The van der Waals surface area contributed by atoms with E-state index in [0.29, 0.717) is 5.56 Å². The second-order valence-electron chi connectivity index (χ2n) is 10.00. The van der Waals surface area contributed by atoms with Crippen LogP contribution in [0.5, 0.6) is 0 Å². The minimum absolute atomic E-state index is 0.0567. The van der Waals surface area contributed by atoms with E-state index in [4.69, 9.17) is 5.73 Å². The number of nitrogens with one attached hydrogen (secondary N) is 1. The monoisotopic (exact) mass is 695 g/mol. The van der Waals surface area contributed by atoms with Gasteiger partial charge in [0.2, 0.25) is 5.91 Å². The number of nitro groups is 1. The number of aromatic nitrogens is 1. The van der Waals surface area contributed by atoms with Crippen LogP contribution in [0.3, 0.4) is 0 Å². The molecule has 246 valence electrons. The molecule has 2 atom stereocenters. The first-order valence-electron chi connectivity index (χ1n) is 13.2. The van der Waals surface area contributed by atoms with E-state index in [0.717, 1.165) is 28.0 Å². The minimum atomic E-state index is -5.54. The van der Waals surface area contributed by atoms with E-state index in [1.54, 1.807) is 0 Å². The minimum Gasteiger partial charge on any atom is -0.410 e. The van der Waals surface area contributed by atoms with Gasteiger partial charge in [-0.2, -0.15) is 13.2 Å². The number of benzene rings is 1. The lowest BCUT2D eigenvalue weighted by Crippen LogP contribution is -2.71. The Morgan fingerprint density at radius 3 is 2.55 bits per heavy atom. The molecular formula is C26H20F3N7O9S2. The molecule has 0 aliphatic carbocycles. The number of hydrogen-bond donors (Lipinski definition) is 3. The second-order valence-corrected chi connectivity index (χ2v) is 12.0. The Morgan fingerprint density at radius 1 is 1.26 bits per heavy atom. The number of halogens is 3. The van der Waals surface area contributed by atoms with E-state index < -0.39 is 63.6 Å². The lowest BCUT2D eigenvalue weighted by molar-refractivity contribution is -0.384. The third kappa shape index (κ3) is 6.65.